The van der Waals surface area contributed by atoms with Crippen LogP contribution in [0.4, 0.5) is 5.69 Å². The number of hydrogen-bond donors (Lipinski definition) is 1. The van der Waals surface area contributed by atoms with Gasteiger partial charge in [-0.25, -0.2) is 0 Å². The molecule has 1 N–H and O–H groups in total. The number of nitro benzene ring substituents is 1. The summed E-state index contributed by atoms with van der Waals surface area (Å²) in [6.45, 7) is 2.05. The molecule has 0 bridgehead atoms. The summed E-state index contributed by atoms with van der Waals surface area (Å²) >= 11 is 0. The number of non-ortho nitro benzene ring substituents is 1. The second-order valence-corrected chi connectivity index (χ2v) is 5.31. The summed E-state index contributed by atoms with van der Waals surface area (Å²) in [5.41, 5.74) is 3.43. The minimum Gasteiger partial charge on any atom is -0.393 e. The fraction of sp³-hybridized carbons (Fsp3) is 0.294. The van der Waals surface area contributed by atoms with E-state index in [9.17, 15) is 15.2 Å². The fourth-order valence-corrected chi connectivity index (χ4v) is 2.33. The third kappa shape index (κ3) is 4.68. The molecule has 0 heterocycles. The van der Waals surface area contributed by atoms with Crippen LogP contribution in [0.2, 0.25) is 0 Å². The highest BCUT2D eigenvalue weighted by Gasteiger charge is 2.09. The van der Waals surface area contributed by atoms with Crippen LogP contribution in [0.15, 0.2) is 48.5 Å². The van der Waals surface area contributed by atoms with Gasteiger partial charge in [0.2, 0.25) is 0 Å². The Bertz CT molecular complexity index is 608. The maximum atomic E-state index is 10.6. The summed E-state index contributed by atoms with van der Waals surface area (Å²) in [6.07, 6.45) is 1.59. The molecule has 1 atom stereocenters. The van der Waals surface area contributed by atoms with Crippen LogP contribution in [0.25, 0.3) is 0 Å². The van der Waals surface area contributed by atoms with E-state index in [1.807, 2.05) is 6.07 Å². The van der Waals surface area contributed by atoms with E-state index in [-0.39, 0.29) is 5.69 Å². The van der Waals surface area contributed by atoms with E-state index >= 15 is 0 Å². The zero-order chi connectivity index (χ0) is 15.2. The molecule has 0 spiro atoms. The van der Waals surface area contributed by atoms with Crippen LogP contribution in [0, 0.1) is 17.0 Å². The van der Waals surface area contributed by atoms with Crippen molar-refractivity contribution in [1.82, 2.24) is 0 Å². The Morgan fingerprint density at radius 2 is 1.86 bits per heavy atom. The van der Waals surface area contributed by atoms with Crippen molar-refractivity contribution in [1.29, 1.82) is 0 Å². The molecule has 0 radical (unpaired) electrons. The summed E-state index contributed by atoms with van der Waals surface area (Å²) in [5, 5.41) is 20.7. The van der Waals surface area contributed by atoms with Crippen LogP contribution in [0.1, 0.15) is 23.1 Å². The molecule has 0 aromatic heterocycles. The van der Waals surface area contributed by atoms with Crippen LogP contribution in [-0.4, -0.2) is 16.1 Å². The Morgan fingerprint density at radius 3 is 2.48 bits per heavy atom. The molecule has 0 amide bonds. The Morgan fingerprint density at radius 1 is 1.14 bits per heavy atom. The summed E-state index contributed by atoms with van der Waals surface area (Å²) in [5.74, 6) is 0. The lowest BCUT2D eigenvalue weighted by molar-refractivity contribution is -0.384. The normalized spacial score (nSPS) is 12.1. The molecule has 4 heteroatoms. The molecule has 1 unspecified atom stereocenters. The van der Waals surface area contributed by atoms with Crippen molar-refractivity contribution in [2.75, 3.05) is 0 Å². The fourth-order valence-electron chi connectivity index (χ4n) is 2.33. The molecule has 0 aliphatic heterocycles. The highest BCUT2D eigenvalue weighted by Crippen LogP contribution is 2.15. The van der Waals surface area contributed by atoms with E-state index in [1.54, 1.807) is 12.1 Å². The van der Waals surface area contributed by atoms with Gasteiger partial charge in [-0.2, -0.15) is 0 Å². The molecule has 2 aromatic rings. The second-order valence-electron chi connectivity index (χ2n) is 5.31. The Kier molecular flexibility index (Phi) is 5.06. The first-order valence-electron chi connectivity index (χ1n) is 7.01. The number of hydrogen-bond acceptors (Lipinski definition) is 3. The van der Waals surface area contributed by atoms with Crippen LogP contribution in [-0.2, 0) is 12.8 Å². The van der Waals surface area contributed by atoms with E-state index in [2.05, 4.69) is 25.1 Å². The number of nitro groups is 1. The SMILES string of the molecule is Cc1cccc(CCC(O)Cc2ccc([N+](=O)[O-])cc2)c1. The number of aliphatic hydroxyl groups is 1. The minimum absolute atomic E-state index is 0.0769. The topological polar surface area (TPSA) is 63.4 Å². The predicted molar refractivity (Wildman–Crippen MR) is 82.3 cm³/mol. The maximum Gasteiger partial charge on any atom is 0.269 e. The van der Waals surface area contributed by atoms with Crippen LogP contribution >= 0.6 is 0 Å². The first-order valence-corrected chi connectivity index (χ1v) is 7.01. The largest absolute Gasteiger partial charge is 0.393 e. The summed E-state index contributed by atoms with van der Waals surface area (Å²) < 4.78 is 0. The number of aliphatic hydroxyl groups excluding tert-OH is 1. The number of nitrogens with zero attached hydrogens (tertiary/aromatic N) is 1. The summed E-state index contributed by atoms with van der Waals surface area (Å²) in [4.78, 5) is 10.2. The molecule has 0 saturated heterocycles. The van der Waals surface area contributed by atoms with Crippen molar-refractivity contribution in [2.24, 2.45) is 0 Å². The zero-order valence-corrected chi connectivity index (χ0v) is 12.0. The van der Waals surface area contributed by atoms with Gasteiger partial charge < -0.3 is 5.11 Å². The van der Waals surface area contributed by atoms with Gasteiger partial charge in [0.15, 0.2) is 0 Å². The zero-order valence-electron chi connectivity index (χ0n) is 12.0. The molecule has 0 aliphatic rings. The van der Waals surface area contributed by atoms with Gasteiger partial charge in [0.05, 0.1) is 11.0 Å². The van der Waals surface area contributed by atoms with Gasteiger partial charge in [0.1, 0.15) is 0 Å². The van der Waals surface area contributed by atoms with E-state index in [0.29, 0.717) is 12.8 Å². The standard InChI is InChI=1S/C17H19NO3/c1-13-3-2-4-14(11-13)7-10-17(19)12-15-5-8-16(9-6-15)18(20)21/h2-6,8-9,11,17,19H,7,10,12H2,1H3. The molecule has 0 fully saturated rings. The Labute approximate surface area is 124 Å². The molecular weight excluding hydrogens is 266 g/mol. The second kappa shape index (κ2) is 6.99. The van der Waals surface area contributed by atoms with Gasteiger partial charge in [-0.1, -0.05) is 42.0 Å². The lowest BCUT2D eigenvalue weighted by Crippen LogP contribution is -2.11. The average Bonchev–Trinajstić information content (AvgIpc) is 2.46. The van der Waals surface area contributed by atoms with Gasteiger partial charge in [-0.3, -0.25) is 10.1 Å². The third-order valence-electron chi connectivity index (χ3n) is 3.47. The molecule has 110 valence electrons. The minimum atomic E-state index is -0.438. The monoisotopic (exact) mass is 285 g/mol. The highest BCUT2D eigenvalue weighted by atomic mass is 16.6. The molecule has 4 nitrogen and oxygen atoms in total. The van der Waals surface area contributed by atoms with Crippen molar-refractivity contribution in [3.63, 3.8) is 0 Å². The number of aryl methyl sites for hydroxylation is 2. The summed E-state index contributed by atoms with van der Waals surface area (Å²) in [7, 11) is 0. The van der Waals surface area contributed by atoms with Gasteiger partial charge in [-0.15, -0.1) is 0 Å². The first kappa shape index (κ1) is 15.2. The molecule has 2 aromatic carbocycles. The average molecular weight is 285 g/mol. The van der Waals surface area contributed by atoms with Crippen molar-refractivity contribution >= 4 is 5.69 Å². The Hall–Kier alpha value is -2.20. The quantitative estimate of drug-likeness (QED) is 0.653. The maximum absolute atomic E-state index is 10.6. The molecule has 0 saturated carbocycles. The van der Waals surface area contributed by atoms with Crippen molar-refractivity contribution in [2.45, 2.75) is 32.3 Å². The van der Waals surface area contributed by atoms with Crippen LogP contribution < -0.4 is 0 Å². The van der Waals surface area contributed by atoms with E-state index < -0.39 is 11.0 Å². The van der Waals surface area contributed by atoms with Crippen LogP contribution in [0.3, 0.4) is 0 Å². The molecular formula is C17H19NO3. The third-order valence-corrected chi connectivity index (χ3v) is 3.47. The van der Waals surface area contributed by atoms with Gasteiger partial charge >= 0.3 is 0 Å². The number of benzene rings is 2. The van der Waals surface area contributed by atoms with Crippen molar-refractivity contribution in [3.8, 4) is 0 Å². The smallest absolute Gasteiger partial charge is 0.269 e. The van der Waals surface area contributed by atoms with Crippen molar-refractivity contribution in [3.05, 3.63) is 75.3 Å². The van der Waals surface area contributed by atoms with E-state index in [4.69, 9.17) is 0 Å². The summed E-state index contributed by atoms with van der Waals surface area (Å²) in [6, 6.07) is 14.6. The lowest BCUT2D eigenvalue weighted by atomic mass is 10.0. The van der Waals surface area contributed by atoms with E-state index in [1.165, 1.54) is 23.3 Å². The predicted octanol–water partition coefficient (Wildman–Crippen LogP) is 3.44. The van der Waals surface area contributed by atoms with E-state index in [0.717, 1.165) is 12.0 Å². The van der Waals surface area contributed by atoms with Gasteiger partial charge in [0, 0.05) is 12.1 Å². The molecule has 2 rings (SSSR count). The number of rotatable bonds is 6. The molecule has 0 aliphatic carbocycles. The highest BCUT2D eigenvalue weighted by molar-refractivity contribution is 5.33. The lowest BCUT2D eigenvalue weighted by Gasteiger charge is -2.11. The first-order chi connectivity index (χ1) is 10.0. The van der Waals surface area contributed by atoms with Gasteiger partial charge in [0.25, 0.3) is 5.69 Å². The van der Waals surface area contributed by atoms with Crippen molar-refractivity contribution < 1.29 is 10.0 Å². The Balaban J connectivity index is 1.86. The van der Waals surface area contributed by atoms with Crippen LogP contribution in [0.5, 0.6) is 0 Å². The van der Waals surface area contributed by atoms with Gasteiger partial charge in [-0.05, 0) is 37.3 Å². The molecule has 21 heavy (non-hydrogen) atoms.